The van der Waals surface area contributed by atoms with Gasteiger partial charge in [0.2, 0.25) is 0 Å². The van der Waals surface area contributed by atoms with Crippen LogP contribution in [0.2, 0.25) is 0 Å². The van der Waals surface area contributed by atoms with Crippen LogP contribution in [0.5, 0.6) is 0 Å². The van der Waals surface area contributed by atoms with E-state index in [4.69, 9.17) is 0 Å². The van der Waals surface area contributed by atoms with Crippen LogP contribution in [-0.2, 0) is 6.42 Å². The number of rotatable bonds is 4. The Morgan fingerprint density at radius 3 is 2.44 bits per heavy atom. The van der Waals surface area contributed by atoms with Gasteiger partial charge < -0.3 is 4.99 Å². The lowest BCUT2D eigenvalue weighted by Crippen LogP contribution is -2.16. The van der Waals surface area contributed by atoms with Crippen LogP contribution in [0.15, 0.2) is 34.3 Å². The number of aliphatic imine (C=N–C) groups is 2. The number of hydrogen-bond donors (Lipinski definition) is 0. The van der Waals surface area contributed by atoms with Crippen molar-refractivity contribution in [3.05, 3.63) is 35.6 Å². The van der Waals surface area contributed by atoms with Gasteiger partial charge in [-0.15, -0.1) is 0 Å². The maximum atomic E-state index is 12.7. The molecular formula is C13H17FN2. The first-order valence-corrected chi connectivity index (χ1v) is 5.27. The molecule has 0 bridgehead atoms. The standard InChI is InChI=1S/C13H17FN2/c1-10(16-3)12(9-15-2)8-11-4-6-13(14)7-5-11/h4-7,9,12H,8H2,1-3H3. The largest absolute Gasteiger partial charge is 0.300 e. The lowest BCUT2D eigenvalue weighted by Gasteiger charge is -2.11. The monoisotopic (exact) mass is 220 g/mol. The van der Waals surface area contributed by atoms with Crippen molar-refractivity contribution in [2.24, 2.45) is 15.9 Å². The van der Waals surface area contributed by atoms with E-state index < -0.39 is 0 Å². The molecule has 0 fully saturated rings. The highest BCUT2D eigenvalue weighted by atomic mass is 19.1. The van der Waals surface area contributed by atoms with Gasteiger partial charge in [-0.1, -0.05) is 12.1 Å². The Kier molecular flexibility index (Phi) is 4.83. The molecule has 0 heterocycles. The van der Waals surface area contributed by atoms with Crippen LogP contribution >= 0.6 is 0 Å². The van der Waals surface area contributed by atoms with Crippen molar-refractivity contribution in [3.8, 4) is 0 Å². The third-order valence-corrected chi connectivity index (χ3v) is 2.59. The lowest BCUT2D eigenvalue weighted by atomic mass is 9.96. The molecule has 1 rings (SSSR count). The highest BCUT2D eigenvalue weighted by Crippen LogP contribution is 2.10. The van der Waals surface area contributed by atoms with Gasteiger partial charge >= 0.3 is 0 Å². The minimum Gasteiger partial charge on any atom is -0.300 e. The molecule has 2 nitrogen and oxygen atoms in total. The Morgan fingerprint density at radius 2 is 1.94 bits per heavy atom. The quantitative estimate of drug-likeness (QED) is 0.697. The van der Waals surface area contributed by atoms with Crippen molar-refractivity contribution in [1.82, 2.24) is 0 Å². The number of nitrogens with zero attached hydrogens (tertiary/aromatic N) is 2. The second-order valence-electron chi connectivity index (χ2n) is 3.71. The molecule has 1 aromatic carbocycles. The summed E-state index contributed by atoms with van der Waals surface area (Å²) in [6.45, 7) is 1.98. The van der Waals surface area contributed by atoms with Crippen molar-refractivity contribution >= 4 is 11.9 Å². The molecule has 1 atom stereocenters. The van der Waals surface area contributed by atoms with Crippen LogP contribution in [0.25, 0.3) is 0 Å². The molecule has 0 N–H and O–H groups in total. The summed E-state index contributed by atoms with van der Waals surface area (Å²) < 4.78 is 12.7. The van der Waals surface area contributed by atoms with E-state index in [-0.39, 0.29) is 11.7 Å². The fraction of sp³-hybridized carbons (Fsp3) is 0.385. The van der Waals surface area contributed by atoms with E-state index in [0.29, 0.717) is 0 Å². The molecule has 0 spiro atoms. The first-order valence-electron chi connectivity index (χ1n) is 5.27. The summed E-state index contributed by atoms with van der Waals surface area (Å²) in [5.41, 5.74) is 2.13. The molecule has 1 aromatic rings. The van der Waals surface area contributed by atoms with Gasteiger partial charge in [-0.2, -0.15) is 0 Å². The molecule has 1 unspecified atom stereocenters. The Hall–Kier alpha value is -1.51. The molecule has 0 radical (unpaired) electrons. The fourth-order valence-electron chi connectivity index (χ4n) is 1.53. The van der Waals surface area contributed by atoms with Crippen LogP contribution in [-0.4, -0.2) is 26.0 Å². The van der Waals surface area contributed by atoms with Crippen LogP contribution in [0.3, 0.4) is 0 Å². The molecule has 0 aliphatic heterocycles. The van der Waals surface area contributed by atoms with Gasteiger partial charge in [-0.25, -0.2) is 4.39 Å². The molecule has 0 saturated carbocycles. The average molecular weight is 220 g/mol. The van der Waals surface area contributed by atoms with Crippen LogP contribution < -0.4 is 0 Å². The van der Waals surface area contributed by atoms with Gasteiger partial charge in [0.05, 0.1) is 0 Å². The molecular weight excluding hydrogens is 203 g/mol. The van der Waals surface area contributed by atoms with Crippen molar-refractivity contribution in [2.75, 3.05) is 14.1 Å². The third kappa shape index (κ3) is 3.57. The Bertz CT molecular complexity index is 379. The molecule has 0 aromatic heterocycles. The van der Waals surface area contributed by atoms with E-state index in [1.165, 1.54) is 12.1 Å². The first kappa shape index (κ1) is 12.6. The maximum absolute atomic E-state index is 12.7. The lowest BCUT2D eigenvalue weighted by molar-refractivity contribution is 0.626. The minimum absolute atomic E-state index is 0.195. The van der Waals surface area contributed by atoms with Crippen LogP contribution in [0.4, 0.5) is 4.39 Å². The number of benzene rings is 1. The average Bonchev–Trinajstić information content (AvgIpc) is 2.30. The molecule has 16 heavy (non-hydrogen) atoms. The molecule has 0 aliphatic carbocycles. The summed E-state index contributed by atoms with van der Waals surface area (Å²) in [5.74, 6) is -0.00852. The minimum atomic E-state index is -0.203. The number of halogens is 1. The highest BCUT2D eigenvalue weighted by Gasteiger charge is 2.09. The van der Waals surface area contributed by atoms with E-state index in [0.717, 1.165) is 17.7 Å². The van der Waals surface area contributed by atoms with Crippen molar-refractivity contribution in [1.29, 1.82) is 0 Å². The molecule has 0 aliphatic rings. The summed E-state index contributed by atoms with van der Waals surface area (Å²) >= 11 is 0. The summed E-state index contributed by atoms with van der Waals surface area (Å²) in [6.07, 6.45) is 2.69. The van der Waals surface area contributed by atoms with E-state index in [1.807, 2.05) is 13.1 Å². The summed E-state index contributed by atoms with van der Waals surface area (Å²) in [5, 5.41) is 0. The van der Waals surface area contributed by atoms with Gasteiger partial charge in [-0.05, 0) is 31.0 Å². The number of hydrogen-bond acceptors (Lipinski definition) is 2. The first-order chi connectivity index (χ1) is 7.67. The summed E-state index contributed by atoms with van der Waals surface area (Å²) in [7, 11) is 3.52. The SMILES string of the molecule is CN=CC(Cc1ccc(F)cc1)C(C)=NC. The van der Waals surface area contributed by atoms with Crippen molar-refractivity contribution in [3.63, 3.8) is 0 Å². The Morgan fingerprint density at radius 1 is 1.31 bits per heavy atom. The Balaban J connectivity index is 2.79. The topological polar surface area (TPSA) is 24.7 Å². The molecule has 0 saturated heterocycles. The van der Waals surface area contributed by atoms with E-state index >= 15 is 0 Å². The van der Waals surface area contributed by atoms with E-state index in [9.17, 15) is 4.39 Å². The van der Waals surface area contributed by atoms with Gasteiger partial charge in [-0.3, -0.25) is 4.99 Å². The molecule has 86 valence electrons. The van der Waals surface area contributed by atoms with E-state index in [2.05, 4.69) is 9.98 Å². The molecule has 0 amide bonds. The zero-order valence-corrected chi connectivity index (χ0v) is 9.94. The van der Waals surface area contributed by atoms with Crippen LogP contribution in [0, 0.1) is 11.7 Å². The Labute approximate surface area is 95.9 Å². The van der Waals surface area contributed by atoms with Gasteiger partial charge in [0, 0.05) is 31.9 Å². The van der Waals surface area contributed by atoms with Gasteiger partial charge in [0.1, 0.15) is 5.82 Å². The fourth-order valence-corrected chi connectivity index (χ4v) is 1.53. The zero-order valence-electron chi connectivity index (χ0n) is 9.94. The molecule has 3 heteroatoms. The maximum Gasteiger partial charge on any atom is 0.123 e. The van der Waals surface area contributed by atoms with Crippen LogP contribution in [0.1, 0.15) is 12.5 Å². The predicted octanol–water partition coefficient (Wildman–Crippen LogP) is 2.78. The summed E-state index contributed by atoms with van der Waals surface area (Å²) in [6, 6.07) is 6.56. The second kappa shape index (κ2) is 6.16. The predicted molar refractivity (Wildman–Crippen MR) is 67.0 cm³/mol. The summed E-state index contributed by atoms with van der Waals surface area (Å²) in [4.78, 5) is 8.21. The van der Waals surface area contributed by atoms with E-state index in [1.54, 1.807) is 26.2 Å². The van der Waals surface area contributed by atoms with Crippen molar-refractivity contribution < 1.29 is 4.39 Å². The zero-order chi connectivity index (χ0) is 12.0. The second-order valence-corrected chi connectivity index (χ2v) is 3.71. The third-order valence-electron chi connectivity index (χ3n) is 2.59. The normalized spacial score (nSPS) is 14.4. The van der Waals surface area contributed by atoms with Gasteiger partial charge in [0.15, 0.2) is 0 Å². The van der Waals surface area contributed by atoms with Crippen molar-refractivity contribution in [2.45, 2.75) is 13.3 Å². The van der Waals surface area contributed by atoms with Gasteiger partial charge in [0.25, 0.3) is 0 Å². The smallest absolute Gasteiger partial charge is 0.123 e. The highest BCUT2D eigenvalue weighted by molar-refractivity contribution is 5.97.